The molecule has 0 radical (unpaired) electrons. The lowest BCUT2D eigenvalue weighted by Gasteiger charge is -2.28. The van der Waals surface area contributed by atoms with Crippen LogP contribution in [0.25, 0.3) is 0 Å². The molecular formula is C8H12F3NO4. The molecule has 16 heavy (non-hydrogen) atoms. The monoisotopic (exact) mass is 243 g/mol. The highest BCUT2D eigenvalue weighted by molar-refractivity contribution is 5.80. The Morgan fingerprint density at radius 2 is 1.94 bits per heavy atom. The number of morpholine rings is 1. The van der Waals surface area contributed by atoms with Crippen molar-refractivity contribution in [2.45, 2.75) is 25.6 Å². The van der Waals surface area contributed by atoms with E-state index in [1.807, 2.05) is 13.8 Å². The van der Waals surface area contributed by atoms with Crippen molar-refractivity contribution in [1.29, 1.82) is 0 Å². The molecule has 0 atom stereocenters. The van der Waals surface area contributed by atoms with Crippen LogP contribution in [-0.2, 0) is 14.3 Å². The Bertz CT molecular complexity index is 275. The Kier molecular flexibility index (Phi) is 4.73. The maximum atomic E-state index is 10.8. The highest BCUT2D eigenvalue weighted by atomic mass is 19.4. The summed E-state index contributed by atoms with van der Waals surface area (Å²) >= 11 is 0. The Labute approximate surface area is 89.6 Å². The van der Waals surface area contributed by atoms with Gasteiger partial charge in [-0.3, -0.25) is 10.1 Å². The van der Waals surface area contributed by atoms with Gasteiger partial charge in [0.2, 0.25) is 0 Å². The molecule has 1 heterocycles. The number of esters is 1. The van der Waals surface area contributed by atoms with Crippen LogP contribution in [0.1, 0.15) is 13.8 Å². The fraction of sp³-hybridized carbons (Fsp3) is 0.750. The van der Waals surface area contributed by atoms with Gasteiger partial charge in [-0.1, -0.05) is 0 Å². The highest BCUT2D eigenvalue weighted by Crippen LogP contribution is 2.13. The summed E-state index contributed by atoms with van der Waals surface area (Å²) in [6.45, 7) is 4.89. The van der Waals surface area contributed by atoms with Gasteiger partial charge in [0.25, 0.3) is 0 Å². The quantitative estimate of drug-likeness (QED) is 0.607. The van der Waals surface area contributed by atoms with Gasteiger partial charge in [-0.15, -0.1) is 0 Å². The van der Waals surface area contributed by atoms with Crippen LogP contribution in [0, 0.1) is 0 Å². The molecule has 1 aliphatic rings. The summed E-state index contributed by atoms with van der Waals surface area (Å²) in [5.74, 6) is -2.92. The average Bonchev–Trinajstić information content (AvgIpc) is 2.09. The molecule has 0 aromatic carbocycles. The maximum Gasteiger partial charge on any atom is 0.490 e. The molecule has 94 valence electrons. The van der Waals surface area contributed by atoms with Crippen molar-refractivity contribution < 1.29 is 32.6 Å². The third kappa shape index (κ3) is 4.96. The molecule has 0 unspecified atom stereocenters. The Hall–Kier alpha value is -1.31. The Balaban J connectivity index is 0.000000293. The first-order valence-electron chi connectivity index (χ1n) is 4.30. The van der Waals surface area contributed by atoms with Crippen molar-refractivity contribution in [3.05, 3.63) is 0 Å². The van der Waals surface area contributed by atoms with E-state index in [-0.39, 0.29) is 5.97 Å². The van der Waals surface area contributed by atoms with Gasteiger partial charge < -0.3 is 9.84 Å². The first kappa shape index (κ1) is 14.7. The Morgan fingerprint density at radius 1 is 1.50 bits per heavy atom. The van der Waals surface area contributed by atoms with Crippen LogP contribution >= 0.6 is 0 Å². The number of carboxylic acid groups (broad SMARTS) is 1. The van der Waals surface area contributed by atoms with Gasteiger partial charge in [-0.25, -0.2) is 4.79 Å². The average molecular weight is 243 g/mol. The van der Waals surface area contributed by atoms with Crippen molar-refractivity contribution in [2.24, 2.45) is 0 Å². The topological polar surface area (TPSA) is 75.6 Å². The van der Waals surface area contributed by atoms with Gasteiger partial charge in [0.1, 0.15) is 12.1 Å². The number of nitrogens with one attached hydrogen (secondary N) is 1. The number of aliphatic carboxylic acids is 1. The minimum absolute atomic E-state index is 0.159. The molecule has 0 spiro atoms. The molecule has 0 bridgehead atoms. The van der Waals surface area contributed by atoms with Gasteiger partial charge >= 0.3 is 18.1 Å². The summed E-state index contributed by atoms with van der Waals surface area (Å²) in [7, 11) is 0. The van der Waals surface area contributed by atoms with Crippen LogP contribution in [0.3, 0.4) is 0 Å². The maximum absolute atomic E-state index is 10.8. The minimum Gasteiger partial charge on any atom is -0.475 e. The van der Waals surface area contributed by atoms with E-state index < -0.39 is 17.7 Å². The van der Waals surface area contributed by atoms with Crippen molar-refractivity contribution >= 4 is 11.9 Å². The van der Waals surface area contributed by atoms with E-state index in [9.17, 15) is 18.0 Å². The minimum atomic E-state index is -5.08. The molecule has 2 N–H and O–H groups in total. The number of carbonyl (C=O) groups is 2. The first-order chi connectivity index (χ1) is 7.07. The molecule has 5 nitrogen and oxygen atoms in total. The molecule has 0 aromatic rings. The van der Waals surface area contributed by atoms with Crippen LogP contribution in [0.4, 0.5) is 13.2 Å². The molecule has 1 saturated heterocycles. The molecular weight excluding hydrogens is 231 g/mol. The number of carbonyl (C=O) groups excluding carboxylic acids is 1. The van der Waals surface area contributed by atoms with Crippen molar-refractivity contribution in [3.8, 4) is 0 Å². The van der Waals surface area contributed by atoms with E-state index in [0.717, 1.165) is 6.54 Å². The second-order valence-corrected chi connectivity index (χ2v) is 3.49. The summed E-state index contributed by atoms with van der Waals surface area (Å²) in [6, 6.07) is 0. The van der Waals surface area contributed by atoms with Crippen LogP contribution < -0.4 is 5.32 Å². The smallest absolute Gasteiger partial charge is 0.475 e. The first-order valence-corrected chi connectivity index (χ1v) is 4.30. The molecule has 0 aromatic heterocycles. The number of cyclic esters (lactones) is 1. The van der Waals surface area contributed by atoms with Gasteiger partial charge in [-0.2, -0.15) is 13.2 Å². The molecule has 0 saturated carbocycles. The predicted octanol–water partition coefficient (Wildman–Crippen LogP) is 0.545. The molecule has 1 fully saturated rings. The molecule has 8 heteroatoms. The van der Waals surface area contributed by atoms with E-state index >= 15 is 0 Å². The fourth-order valence-corrected chi connectivity index (χ4v) is 0.760. The third-order valence-corrected chi connectivity index (χ3v) is 1.65. The predicted molar refractivity (Wildman–Crippen MR) is 46.7 cm³/mol. The third-order valence-electron chi connectivity index (χ3n) is 1.65. The second kappa shape index (κ2) is 5.15. The van der Waals surface area contributed by atoms with E-state index in [1.54, 1.807) is 0 Å². The molecule has 0 amide bonds. The molecule has 0 aliphatic carbocycles. The normalized spacial score (nSPS) is 19.2. The lowest BCUT2D eigenvalue weighted by Crippen LogP contribution is -2.53. The lowest BCUT2D eigenvalue weighted by molar-refractivity contribution is -0.192. The standard InChI is InChI=1S/C6H11NO2.C2HF3O2/c1-6(2)5(8)9-4-3-7-6;3-2(4,5)1(6)7/h7H,3-4H2,1-2H3;(H,6,7). The summed E-state index contributed by atoms with van der Waals surface area (Å²) in [5.41, 5.74) is -0.474. The largest absolute Gasteiger partial charge is 0.490 e. The zero-order valence-corrected chi connectivity index (χ0v) is 8.72. The zero-order chi connectivity index (χ0) is 13.0. The second-order valence-electron chi connectivity index (χ2n) is 3.49. The van der Waals surface area contributed by atoms with Crippen LogP contribution in [0.5, 0.6) is 0 Å². The van der Waals surface area contributed by atoms with E-state index in [4.69, 9.17) is 14.6 Å². The van der Waals surface area contributed by atoms with Crippen LogP contribution in [0.2, 0.25) is 0 Å². The van der Waals surface area contributed by atoms with E-state index in [0.29, 0.717) is 6.61 Å². The summed E-state index contributed by atoms with van der Waals surface area (Å²) in [4.78, 5) is 19.7. The number of hydrogen-bond donors (Lipinski definition) is 2. The van der Waals surface area contributed by atoms with Crippen LogP contribution in [-0.4, -0.2) is 41.9 Å². The van der Waals surface area contributed by atoms with E-state index in [2.05, 4.69) is 5.32 Å². The SMILES string of the molecule is CC1(C)NCCOC1=O.O=C(O)C(F)(F)F. The summed E-state index contributed by atoms with van der Waals surface area (Å²) in [6.07, 6.45) is -5.08. The number of rotatable bonds is 0. The summed E-state index contributed by atoms with van der Waals surface area (Å²) in [5, 5.41) is 10.2. The van der Waals surface area contributed by atoms with Gasteiger partial charge in [-0.05, 0) is 13.8 Å². The highest BCUT2D eigenvalue weighted by Gasteiger charge is 2.38. The lowest BCUT2D eigenvalue weighted by atomic mass is 10.1. The Morgan fingerprint density at radius 3 is 2.12 bits per heavy atom. The van der Waals surface area contributed by atoms with Crippen molar-refractivity contribution in [2.75, 3.05) is 13.2 Å². The number of carboxylic acids is 1. The molecule has 1 rings (SSSR count). The molecule has 1 aliphatic heterocycles. The van der Waals surface area contributed by atoms with E-state index in [1.165, 1.54) is 0 Å². The van der Waals surface area contributed by atoms with Gasteiger partial charge in [0.05, 0.1) is 0 Å². The van der Waals surface area contributed by atoms with Gasteiger partial charge in [0, 0.05) is 6.54 Å². The number of halogens is 3. The van der Waals surface area contributed by atoms with Crippen molar-refractivity contribution in [3.63, 3.8) is 0 Å². The van der Waals surface area contributed by atoms with Crippen molar-refractivity contribution in [1.82, 2.24) is 5.32 Å². The fourth-order valence-electron chi connectivity index (χ4n) is 0.760. The van der Waals surface area contributed by atoms with Crippen LogP contribution in [0.15, 0.2) is 0 Å². The summed E-state index contributed by atoms with van der Waals surface area (Å²) < 4.78 is 36.5. The number of hydrogen-bond acceptors (Lipinski definition) is 4. The zero-order valence-electron chi connectivity index (χ0n) is 8.72. The number of alkyl halides is 3. The number of ether oxygens (including phenoxy) is 1. The van der Waals surface area contributed by atoms with Gasteiger partial charge in [0.15, 0.2) is 0 Å².